The third kappa shape index (κ3) is 3.19. The molecule has 0 radical (unpaired) electrons. The molecule has 0 fully saturated rings. The topological polar surface area (TPSA) is 24.4 Å². The van der Waals surface area contributed by atoms with Crippen molar-refractivity contribution in [3.05, 3.63) is 47.9 Å². The van der Waals surface area contributed by atoms with Crippen molar-refractivity contribution in [3.63, 3.8) is 0 Å². The fourth-order valence-electron chi connectivity index (χ4n) is 1.96. The van der Waals surface area contributed by atoms with Gasteiger partial charge in [0.05, 0.1) is 5.70 Å². The standard InChI is InChI=1S/C15H20N2/c1-3-12(2)16-15-11-7-10-14(17-15)13-8-5-4-6-9-13/h5,8-10H,2-4,6-7,11H2,1H3,(H,16,17). The summed E-state index contributed by atoms with van der Waals surface area (Å²) in [6, 6.07) is 0. The van der Waals surface area contributed by atoms with E-state index in [1.807, 2.05) is 0 Å². The number of hydrogen-bond acceptors (Lipinski definition) is 2. The van der Waals surface area contributed by atoms with Crippen molar-refractivity contribution < 1.29 is 0 Å². The van der Waals surface area contributed by atoms with Crippen LogP contribution in [0.25, 0.3) is 0 Å². The molecule has 2 rings (SSSR count). The summed E-state index contributed by atoms with van der Waals surface area (Å²) in [5, 5.41) is 3.30. The van der Waals surface area contributed by atoms with Gasteiger partial charge in [0.1, 0.15) is 5.84 Å². The van der Waals surface area contributed by atoms with Gasteiger partial charge < -0.3 is 5.32 Å². The first-order valence-electron chi connectivity index (χ1n) is 6.39. The van der Waals surface area contributed by atoms with Crippen LogP contribution >= 0.6 is 0 Å². The largest absolute Gasteiger partial charge is 0.348 e. The highest BCUT2D eigenvalue weighted by molar-refractivity contribution is 5.86. The average Bonchev–Trinajstić information content (AvgIpc) is 2.40. The summed E-state index contributed by atoms with van der Waals surface area (Å²) in [7, 11) is 0. The molecule has 0 bridgehead atoms. The Morgan fingerprint density at radius 3 is 2.94 bits per heavy atom. The first-order valence-corrected chi connectivity index (χ1v) is 6.39. The van der Waals surface area contributed by atoms with E-state index in [0.29, 0.717) is 0 Å². The van der Waals surface area contributed by atoms with E-state index in [2.05, 4.69) is 48.1 Å². The van der Waals surface area contributed by atoms with Gasteiger partial charge in [0.25, 0.3) is 0 Å². The number of amidine groups is 1. The van der Waals surface area contributed by atoms with Crippen LogP contribution in [0, 0.1) is 0 Å². The predicted molar refractivity (Wildman–Crippen MR) is 73.8 cm³/mol. The predicted octanol–water partition coefficient (Wildman–Crippen LogP) is 3.85. The Morgan fingerprint density at radius 2 is 2.24 bits per heavy atom. The molecule has 2 aliphatic rings. The van der Waals surface area contributed by atoms with Crippen LogP contribution in [-0.4, -0.2) is 5.84 Å². The molecule has 90 valence electrons. The van der Waals surface area contributed by atoms with Gasteiger partial charge in [-0.2, -0.15) is 0 Å². The Hall–Kier alpha value is -1.57. The number of hydrogen-bond donors (Lipinski definition) is 1. The van der Waals surface area contributed by atoms with Crippen molar-refractivity contribution in [1.82, 2.24) is 5.32 Å². The van der Waals surface area contributed by atoms with Gasteiger partial charge in [-0.25, -0.2) is 4.99 Å². The summed E-state index contributed by atoms with van der Waals surface area (Å²) >= 11 is 0. The maximum absolute atomic E-state index is 4.68. The second-order valence-electron chi connectivity index (χ2n) is 4.41. The van der Waals surface area contributed by atoms with Crippen molar-refractivity contribution in [2.45, 2.75) is 39.0 Å². The van der Waals surface area contributed by atoms with Crippen LogP contribution in [0.15, 0.2) is 52.8 Å². The van der Waals surface area contributed by atoms with E-state index in [1.165, 1.54) is 5.57 Å². The van der Waals surface area contributed by atoms with Gasteiger partial charge >= 0.3 is 0 Å². The maximum Gasteiger partial charge on any atom is 0.107 e. The molecule has 0 amide bonds. The monoisotopic (exact) mass is 228 g/mol. The van der Waals surface area contributed by atoms with E-state index >= 15 is 0 Å². The molecule has 1 heterocycles. The molecule has 0 saturated heterocycles. The van der Waals surface area contributed by atoms with Gasteiger partial charge in [0.2, 0.25) is 0 Å². The molecule has 0 aromatic carbocycles. The lowest BCUT2D eigenvalue weighted by Crippen LogP contribution is -2.23. The van der Waals surface area contributed by atoms with Crippen LogP contribution in [0.3, 0.4) is 0 Å². The Labute approximate surface area is 104 Å². The van der Waals surface area contributed by atoms with Gasteiger partial charge in [-0.15, -0.1) is 0 Å². The fourth-order valence-corrected chi connectivity index (χ4v) is 1.96. The normalized spacial score (nSPS) is 19.2. The highest BCUT2D eigenvalue weighted by Crippen LogP contribution is 2.23. The average molecular weight is 228 g/mol. The van der Waals surface area contributed by atoms with Crippen molar-refractivity contribution in [2.75, 3.05) is 0 Å². The van der Waals surface area contributed by atoms with Gasteiger partial charge in [0.15, 0.2) is 0 Å². The highest BCUT2D eigenvalue weighted by atomic mass is 15.0. The number of aliphatic imine (C=N–C) groups is 1. The molecule has 2 nitrogen and oxygen atoms in total. The minimum absolute atomic E-state index is 0.945. The van der Waals surface area contributed by atoms with Gasteiger partial charge in [0, 0.05) is 12.1 Å². The van der Waals surface area contributed by atoms with Crippen LogP contribution in [0.2, 0.25) is 0 Å². The Kier molecular flexibility index (Phi) is 3.97. The number of rotatable bonds is 3. The first kappa shape index (κ1) is 11.9. The molecule has 17 heavy (non-hydrogen) atoms. The second kappa shape index (κ2) is 5.67. The van der Waals surface area contributed by atoms with Gasteiger partial charge in [-0.1, -0.05) is 37.8 Å². The van der Waals surface area contributed by atoms with Gasteiger partial charge in [-0.05, 0) is 31.3 Å². The lowest BCUT2D eigenvalue weighted by Gasteiger charge is -2.17. The zero-order valence-corrected chi connectivity index (χ0v) is 10.5. The smallest absolute Gasteiger partial charge is 0.107 e. The van der Waals surface area contributed by atoms with Crippen LogP contribution in [-0.2, 0) is 0 Å². The number of nitrogens with one attached hydrogen (secondary N) is 1. The van der Waals surface area contributed by atoms with Crippen LogP contribution in [0.1, 0.15) is 39.0 Å². The minimum atomic E-state index is 0.945. The number of allylic oxidation sites excluding steroid dienone is 5. The van der Waals surface area contributed by atoms with Crippen molar-refractivity contribution >= 4 is 5.84 Å². The van der Waals surface area contributed by atoms with Gasteiger partial charge in [-0.3, -0.25) is 0 Å². The lowest BCUT2D eigenvalue weighted by molar-refractivity contribution is 0.912. The summed E-state index contributed by atoms with van der Waals surface area (Å²) in [5.74, 6) is 1.05. The zero-order valence-electron chi connectivity index (χ0n) is 10.5. The molecule has 0 aromatic rings. The molecule has 0 aromatic heterocycles. The summed E-state index contributed by atoms with van der Waals surface area (Å²) in [6.45, 7) is 6.06. The third-order valence-corrected chi connectivity index (χ3v) is 3.01. The molecule has 0 saturated carbocycles. The van der Waals surface area contributed by atoms with E-state index < -0.39 is 0 Å². The van der Waals surface area contributed by atoms with E-state index in [0.717, 1.165) is 49.3 Å². The summed E-state index contributed by atoms with van der Waals surface area (Å²) < 4.78 is 0. The van der Waals surface area contributed by atoms with Crippen molar-refractivity contribution in [2.24, 2.45) is 4.99 Å². The Bertz CT molecular complexity index is 422. The quantitative estimate of drug-likeness (QED) is 0.779. The SMILES string of the molecule is C=C(CC)NC1=NC(C2=CCCC=C2)=CCC1. The van der Waals surface area contributed by atoms with E-state index in [-0.39, 0.29) is 0 Å². The first-order chi connectivity index (χ1) is 8.29. The molecule has 1 aliphatic carbocycles. The molecule has 0 unspecified atom stereocenters. The van der Waals surface area contributed by atoms with Crippen molar-refractivity contribution in [3.8, 4) is 0 Å². The molecular weight excluding hydrogens is 208 g/mol. The summed E-state index contributed by atoms with van der Waals surface area (Å²) in [5.41, 5.74) is 3.41. The minimum Gasteiger partial charge on any atom is -0.348 e. The molecular formula is C15H20N2. The lowest BCUT2D eigenvalue weighted by atomic mass is 10.0. The number of nitrogens with zero attached hydrogens (tertiary/aromatic N) is 1. The Morgan fingerprint density at radius 1 is 1.35 bits per heavy atom. The summed E-state index contributed by atoms with van der Waals surface area (Å²) in [4.78, 5) is 4.68. The maximum atomic E-state index is 4.68. The van der Waals surface area contributed by atoms with E-state index in [1.54, 1.807) is 0 Å². The fraction of sp³-hybridized carbons (Fsp3) is 0.400. The van der Waals surface area contributed by atoms with E-state index in [9.17, 15) is 0 Å². The highest BCUT2D eigenvalue weighted by Gasteiger charge is 2.10. The van der Waals surface area contributed by atoms with Crippen LogP contribution in [0.5, 0.6) is 0 Å². The van der Waals surface area contributed by atoms with Crippen LogP contribution < -0.4 is 5.32 Å². The molecule has 1 N–H and O–H groups in total. The second-order valence-corrected chi connectivity index (χ2v) is 4.41. The third-order valence-electron chi connectivity index (χ3n) is 3.01. The molecule has 0 atom stereocenters. The van der Waals surface area contributed by atoms with Crippen LogP contribution in [0.4, 0.5) is 0 Å². The molecule has 1 aliphatic heterocycles. The zero-order chi connectivity index (χ0) is 12.1. The molecule has 0 spiro atoms. The summed E-state index contributed by atoms with van der Waals surface area (Å²) in [6.07, 6.45) is 14.2. The molecule has 2 heteroatoms. The van der Waals surface area contributed by atoms with E-state index in [4.69, 9.17) is 0 Å². The Balaban J connectivity index is 2.09. The van der Waals surface area contributed by atoms with Crippen molar-refractivity contribution in [1.29, 1.82) is 0 Å².